The van der Waals surface area contributed by atoms with Gasteiger partial charge in [-0.1, -0.05) is 6.07 Å². The molecule has 39 heavy (non-hydrogen) atoms. The van der Waals surface area contributed by atoms with Crippen LogP contribution in [0.4, 0.5) is 27.3 Å². The van der Waals surface area contributed by atoms with Gasteiger partial charge in [0, 0.05) is 48.5 Å². The van der Waals surface area contributed by atoms with Crippen LogP contribution in [0, 0.1) is 19.7 Å². The van der Waals surface area contributed by atoms with E-state index in [2.05, 4.69) is 26.0 Å². The predicted molar refractivity (Wildman–Crippen MR) is 148 cm³/mol. The highest BCUT2D eigenvalue weighted by molar-refractivity contribution is 6.05. The van der Waals surface area contributed by atoms with Crippen molar-refractivity contribution >= 4 is 40.2 Å². The van der Waals surface area contributed by atoms with Gasteiger partial charge in [-0.05, 0) is 62.2 Å². The lowest BCUT2D eigenvalue weighted by Gasteiger charge is -2.29. The van der Waals surface area contributed by atoms with Crippen molar-refractivity contribution in [2.75, 3.05) is 48.4 Å². The second-order valence-corrected chi connectivity index (χ2v) is 9.34. The number of fused-ring (bicyclic) bond motifs is 1. The number of anilines is 4. The SMILES string of the molecule is CCNC(=O)c1cn2ncnc(Nc3cc(NC(=O)c4cc(F)cc(N5CCOCC5)c4)ccc3C)c2c1C. The average molecular weight is 532 g/mol. The van der Waals surface area contributed by atoms with E-state index in [9.17, 15) is 14.0 Å². The molecule has 0 bridgehead atoms. The minimum Gasteiger partial charge on any atom is -0.378 e. The zero-order valence-corrected chi connectivity index (χ0v) is 22.0. The van der Waals surface area contributed by atoms with Gasteiger partial charge in [0.1, 0.15) is 17.7 Å². The summed E-state index contributed by atoms with van der Waals surface area (Å²) in [6.45, 7) is 8.56. The van der Waals surface area contributed by atoms with E-state index in [4.69, 9.17) is 4.74 Å². The lowest BCUT2D eigenvalue weighted by molar-refractivity contribution is 0.0954. The normalized spacial score (nSPS) is 13.4. The van der Waals surface area contributed by atoms with E-state index < -0.39 is 11.7 Å². The van der Waals surface area contributed by atoms with Crippen LogP contribution < -0.4 is 20.9 Å². The Morgan fingerprint density at radius 1 is 1.08 bits per heavy atom. The van der Waals surface area contributed by atoms with Crippen LogP contribution in [-0.4, -0.2) is 59.3 Å². The Bertz CT molecular complexity index is 1550. The predicted octanol–water partition coefficient (Wildman–Crippen LogP) is 4.07. The summed E-state index contributed by atoms with van der Waals surface area (Å²) < 4.78 is 21.4. The molecule has 0 radical (unpaired) electrons. The number of benzene rings is 2. The lowest BCUT2D eigenvalue weighted by atomic mass is 10.1. The molecule has 4 aromatic rings. The van der Waals surface area contributed by atoms with Crippen LogP contribution >= 0.6 is 0 Å². The molecule has 1 saturated heterocycles. The van der Waals surface area contributed by atoms with Crippen molar-refractivity contribution in [3.63, 3.8) is 0 Å². The highest BCUT2D eigenvalue weighted by Gasteiger charge is 2.19. The Hall–Kier alpha value is -4.51. The first-order chi connectivity index (χ1) is 18.8. The Labute approximate surface area is 225 Å². The van der Waals surface area contributed by atoms with E-state index in [-0.39, 0.29) is 11.5 Å². The van der Waals surface area contributed by atoms with Gasteiger partial charge in [0.2, 0.25) is 0 Å². The number of aromatic nitrogens is 3. The molecule has 5 rings (SSSR count). The number of hydrogen-bond donors (Lipinski definition) is 3. The number of carbonyl (C=O) groups is 2. The number of halogens is 1. The van der Waals surface area contributed by atoms with Gasteiger partial charge in [-0.3, -0.25) is 9.59 Å². The van der Waals surface area contributed by atoms with Crippen molar-refractivity contribution in [3.8, 4) is 0 Å². The largest absolute Gasteiger partial charge is 0.378 e. The first-order valence-corrected chi connectivity index (χ1v) is 12.8. The van der Waals surface area contributed by atoms with Crippen LogP contribution in [-0.2, 0) is 4.74 Å². The van der Waals surface area contributed by atoms with Crippen LogP contribution in [0.2, 0.25) is 0 Å². The average Bonchev–Trinajstić information content (AvgIpc) is 3.28. The van der Waals surface area contributed by atoms with Crippen LogP contribution in [0.5, 0.6) is 0 Å². The third kappa shape index (κ3) is 5.53. The zero-order valence-electron chi connectivity index (χ0n) is 22.0. The quantitative estimate of drug-likeness (QED) is 0.330. The summed E-state index contributed by atoms with van der Waals surface area (Å²) in [7, 11) is 0. The molecule has 1 aliphatic heterocycles. The number of amides is 2. The minimum absolute atomic E-state index is 0.179. The first kappa shape index (κ1) is 26.1. The van der Waals surface area contributed by atoms with Crippen LogP contribution in [0.25, 0.3) is 5.52 Å². The van der Waals surface area contributed by atoms with Crippen molar-refractivity contribution in [3.05, 3.63) is 77.0 Å². The van der Waals surface area contributed by atoms with E-state index >= 15 is 0 Å². The molecule has 202 valence electrons. The van der Waals surface area contributed by atoms with E-state index in [0.717, 1.165) is 11.1 Å². The number of rotatable bonds is 7. The fourth-order valence-corrected chi connectivity index (χ4v) is 4.61. The maximum atomic E-state index is 14.4. The van der Waals surface area contributed by atoms with Gasteiger partial charge in [0.15, 0.2) is 5.82 Å². The van der Waals surface area contributed by atoms with Crippen molar-refractivity contribution in [1.29, 1.82) is 0 Å². The molecule has 2 aromatic carbocycles. The third-order valence-electron chi connectivity index (χ3n) is 6.68. The number of nitrogens with one attached hydrogen (secondary N) is 3. The lowest BCUT2D eigenvalue weighted by Crippen LogP contribution is -2.36. The standard InChI is InChI=1S/C28H30FN7O3/c1-4-30-28(38)23-15-36-25(18(23)3)26(31-16-32-36)34-24-14-21(6-5-17(24)2)33-27(37)19-11-20(29)13-22(12-19)35-7-9-39-10-8-35/h5-6,11-16H,4,7-10H2,1-3H3,(H,30,38)(H,33,37)(H,31,32,34). The number of carbonyl (C=O) groups excluding carboxylic acids is 2. The highest BCUT2D eigenvalue weighted by Crippen LogP contribution is 2.29. The highest BCUT2D eigenvalue weighted by atomic mass is 19.1. The van der Waals surface area contributed by atoms with Gasteiger partial charge in [-0.25, -0.2) is 13.9 Å². The van der Waals surface area contributed by atoms with Crippen molar-refractivity contribution in [1.82, 2.24) is 19.9 Å². The molecule has 3 N–H and O–H groups in total. The van der Waals surface area contributed by atoms with Gasteiger partial charge < -0.3 is 25.6 Å². The Morgan fingerprint density at radius 3 is 2.64 bits per heavy atom. The van der Waals surface area contributed by atoms with Crippen molar-refractivity contribution < 1.29 is 18.7 Å². The molecular formula is C28H30FN7O3. The minimum atomic E-state index is -0.474. The number of hydrogen-bond acceptors (Lipinski definition) is 7. The molecule has 0 unspecified atom stereocenters. The van der Waals surface area contributed by atoms with Gasteiger partial charge in [0.25, 0.3) is 11.8 Å². The number of aryl methyl sites for hydroxylation is 2. The molecule has 1 aliphatic rings. The molecule has 11 heteroatoms. The smallest absolute Gasteiger partial charge is 0.255 e. The maximum absolute atomic E-state index is 14.4. The molecule has 1 fully saturated rings. The second kappa shape index (κ2) is 11.1. The van der Waals surface area contributed by atoms with E-state index in [1.807, 2.05) is 31.7 Å². The molecule has 2 aromatic heterocycles. The summed E-state index contributed by atoms with van der Waals surface area (Å²) in [5, 5.41) is 13.3. The monoisotopic (exact) mass is 531 g/mol. The van der Waals surface area contributed by atoms with E-state index in [0.29, 0.717) is 66.8 Å². The summed E-state index contributed by atoms with van der Waals surface area (Å²) in [6.07, 6.45) is 3.09. The van der Waals surface area contributed by atoms with Gasteiger partial charge in [0.05, 0.1) is 18.8 Å². The van der Waals surface area contributed by atoms with E-state index in [1.165, 1.54) is 18.5 Å². The number of morpholine rings is 1. The summed E-state index contributed by atoms with van der Waals surface area (Å²) in [5.41, 5.74) is 4.97. The fourth-order valence-electron chi connectivity index (χ4n) is 4.61. The fraction of sp³-hybridized carbons (Fsp3) is 0.286. The third-order valence-corrected chi connectivity index (χ3v) is 6.68. The van der Waals surface area contributed by atoms with Crippen LogP contribution in [0.3, 0.4) is 0 Å². The maximum Gasteiger partial charge on any atom is 0.255 e. The molecule has 3 heterocycles. The Morgan fingerprint density at radius 2 is 1.87 bits per heavy atom. The molecule has 0 atom stereocenters. The molecule has 0 aliphatic carbocycles. The van der Waals surface area contributed by atoms with Gasteiger partial charge >= 0.3 is 0 Å². The van der Waals surface area contributed by atoms with Crippen molar-refractivity contribution in [2.24, 2.45) is 0 Å². The number of nitrogens with zero attached hydrogens (tertiary/aromatic N) is 4. The van der Waals surface area contributed by atoms with Gasteiger partial charge in [-0.15, -0.1) is 0 Å². The summed E-state index contributed by atoms with van der Waals surface area (Å²) in [6, 6.07) is 9.79. The molecule has 2 amide bonds. The Kier molecular flexibility index (Phi) is 7.42. The van der Waals surface area contributed by atoms with Crippen LogP contribution in [0.1, 0.15) is 38.8 Å². The zero-order chi connectivity index (χ0) is 27.5. The topological polar surface area (TPSA) is 113 Å². The molecule has 0 spiro atoms. The number of ether oxygens (including phenoxy) is 1. The summed E-state index contributed by atoms with van der Waals surface area (Å²) in [5.74, 6) is -0.554. The summed E-state index contributed by atoms with van der Waals surface area (Å²) in [4.78, 5) is 32.0. The van der Waals surface area contributed by atoms with Gasteiger partial charge in [-0.2, -0.15) is 5.10 Å². The Balaban J connectivity index is 1.39. The van der Waals surface area contributed by atoms with E-state index in [1.54, 1.807) is 28.9 Å². The second-order valence-electron chi connectivity index (χ2n) is 9.34. The molecular weight excluding hydrogens is 501 g/mol. The van der Waals surface area contributed by atoms with Crippen LogP contribution in [0.15, 0.2) is 48.9 Å². The summed E-state index contributed by atoms with van der Waals surface area (Å²) >= 11 is 0. The van der Waals surface area contributed by atoms with Crippen molar-refractivity contribution in [2.45, 2.75) is 20.8 Å². The molecule has 10 nitrogen and oxygen atoms in total. The first-order valence-electron chi connectivity index (χ1n) is 12.8. The molecule has 0 saturated carbocycles.